The van der Waals surface area contributed by atoms with Crippen molar-refractivity contribution < 1.29 is 4.79 Å². The van der Waals surface area contributed by atoms with Crippen LogP contribution in [0, 0.1) is 6.92 Å². The number of aromatic nitrogens is 5. The van der Waals surface area contributed by atoms with Gasteiger partial charge in [0.1, 0.15) is 12.7 Å². The van der Waals surface area contributed by atoms with Crippen molar-refractivity contribution in [1.82, 2.24) is 25.0 Å². The molecule has 3 rings (SSSR count). The van der Waals surface area contributed by atoms with E-state index in [-0.39, 0.29) is 11.6 Å². The summed E-state index contributed by atoms with van der Waals surface area (Å²) in [6.07, 6.45) is 2.91. The molecular formula is C14H12N6O. The van der Waals surface area contributed by atoms with Crippen LogP contribution in [0.1, 0.15) is 16.1 Å². The number of carbonyl (C=O) groups is 1. The van der Waals surface area contributed by atoms with E-state index < -0.39 is 0 Å². The van der Waals surface area contributed by atoms with E-state index in [1.165, 1.54) is 17.3 Å². The first kappa shape index (κ1) is 12.9. The number of nitrogens with zero attached hydrogens (tertiary/aromatic N) is 5. The Morgan fingerprint density at radius 1 is 1.19 bits per heavy atom. The summed E-state index contributed by atoms with van der Waals surface area (Å²) < 4.78 is 1.47. The molecule has 1 aromatic carbocycles. The van der Waals surface area contributed by atoms with Gasteiger partial charge in [0.2, 0.25) is 0 Å². The maximum atomic E-state index is 12.1. The zero-order valence-electron chi connectivity index (χ0n) is 11.3. The second-order valence-corrected chi connectivity index (χ2v) is 4.44. The third-order valence-electron chi connectivity index (χ3n) is 2.81. The van der Waals surface area contributed by atoms with Crippen LogP contribution in [0.2, 0.25) is 0 Å². The van der Waals surface area contributed by atoms with Crippen LogP contribution in [-0.4, -0.2) is 30.9 Å². The number of benzene rings is 1. The van der Waals surface area contributed by atoms with E-state index in [1.54, 1.807) is 12.1 Å². The maximum Gasteiger partial charge on any atom is 0.276 e. The Balaban J connectivity index is 1.76. The minimum absolute atomic E-state index is 0.236. The molecule has 0 spiro atoms. The van der Waals surface area contributed by atoms with Gasteiger partial charge in [0.05, 0.1) is 0 Å². The van der Waals surface area contributed by atoms with Gasteiger partial charge < -0.3 is 5.32 Å². The van der Waals surface area contributed by atoms with E-state index in [0.717, 1.165) is 11.3 Å². The topological polar surface area (TPSA) is 85.6 Å². The Morgan fingerprint density at radius 2 is 2.10 bits per heavy atom. The second kappa shape index (κ2) is 5.49. The molecular weight excluding hydrogens is 268 g/mol. The number of amides is 1. The Bertz CT molecular complexity index is 751. The molecule has 0 atom stereocenters. The van der Waals surface area contributed by atoms with Crippen molar-refractivity contribution in [2.24, 2.45) is 0 Å². The van der Waals surface area contributed by atoms with Crippen LogP contribution in [-0.2, 0) is 0 Å². The highest BCUT2D eigenvalue weighted by Crippen LogP contribution is 2.11. The summed E-state index contributed by atoms with van der Waals surface area (Å²) in [5.41, 5.74) is 2.03. The van der Waals surface area contributed by atoms with Crippen LogP contribution in [0.5, 0.6) is 0 Å². The van der Waals surface area contributed by atoms with Crippen LogP contribution in [0.25, 0.3) is 5.82 Å². The van der Waals surface area contributed by atoms with Gasteiger partial charge >= 0.3 is 0 Å². The molecule has 7 heteroatoms. The lowest BCUT2D eigenvalue weighted by molar-refractivity contribution is 0.102. The van der Waals surface area contributed by atoms with E-state index in [9.17, 15) is 4.79 Å². The second-order valence-electron chi connectivity index (χ2n) is 4.44. The normalized spacial score (nSPS) is 10.3. The Labute approximate surface area is 120 Å². The van der Waals surface area contributed by atoms with Crippen molar-refractivity contribution >= 4 is 11.6 Å². The van der Waals surface area contributed by atoms with Crippen LogP contribution in [0.3, 0.4) is 0 Å². The van der Waals surface area contributed by atoms with Crippen LogP contribution >= 0.6 is 0 Å². The van der Waals surface area contributed by atoms with E-state index in [0.29, 0.717) is 5.82 Å². The zero-order valence-corrected chi connectivity index (χ0v) is 11.3. The van der Waals surface area contributed by atoms with Crippen LogP contribution in [0.15, 0.2) is 49.1 Å². The van der Waals surface area contributed by atoms with Crippen molar-refractivity contribution in [2.75, 3.05) is 5.32 Å². The fourth-order valence-electron chi connectivity index (χ4n) is 1.81. The van der Waals surface area contributed by atoms with Crippen molar-refractivity contribution in [3.8, 4) is 5.82 Å². The minimum Gasteiger partial charge on any atom is -0.321 e. The van der Waals surface area contributed by atoms with Crippen molar-refractivity contribution in [3.63, 3.8) is 0 Å². The lowest BCUT2D eigenvalue weighted by atomic mass is 10.2. The highest BCUT2D eigenvalue weighted by Gasteiger charge is 2.09. The first-order valence-corrected chi connectivity index (χ1v) is 6.29. The number of hydrogen-bond donors (Lipinski definition) is 1. The summed E-state index contributed by atoms with van der Waals surface area (Å²) in [5, 5.41) is 14.6. The number of aryl methyl sites for hydroxylation is 1. The predicted octanol–water partition coefficient (Wildman–Crippen LogP) is 1.62. The summed E-state index contributed by atoms with van der Waals surface area (Å²) in [6.45, 7) is 1.96. The van der Waals surface area contributed by atoms with Gasteiger partial charge in [0.25, 0.3) is 5.91 Å². The number of rotatable bonds is 3. The van der Waals surface area contributed by atoms with Crippen LogP contribution < -0.4 is 5.32 Å². The van der Waals surface area contributed by atoms with Crippen molar-refractivity contribution in [1.29, 1.82) is 0 Å². The molecule has 0 saturated carbocycles. The van der Waals surface area contributed by atoms with Gasteiger partial charge in [-0.15, -0.1) is 10.2 Å². The van der Waals surface area contributed by atoms with Crippen LogP contribution in [0.4, 0.5) is 5.69 Å². The minimum atomic E-state index is -0.307. The summed E-state index contributed by atoms with van der Waals surface area (Å²) in [5.74, 6) is 0.192. The number of carbonyl (C=O) groups excluding carboxylic acids is 1. The van der Waals surface area contributed by atoms with Gasteiger partial charge in [-0.3, -0.25) is 4.79 Å². The molecule has 0 aliphatic rings. The lowest BCUT2D eigenvalue weighted by Gasteiger charge is -2.05. The van der Waals surface area contributed by atoms with Crippen molar-refractivity contribution in [3.05, 3.63) is 60.3 Å². The molecule has 2 heterocycles. The molecule has 21 heavy (non-hydrogen) atoms. The van der Waals surface area contributed by atoms with Gasteiger partial charge in [0.15, 0.2) is 11.5 Å². The lowest BCUT2D eigenvalue weighted by Crippen LogP contribution is -2.15. The third kappa shape index (κ3) is 2.92. The molecule has 0 fully saturated rings. The molecule has 1 N–H and O–H groups in total. The number of anilines is 1. The Kier molecular flexibility index (Phi) is 3.38. The Morgan fingerprint density at radius 3 is 2.76 bits per heavy atom. The van der Waals surface area contributed by atoms with Gasteiger partial charge in [-0.05, 0) is 36.8 Å². The predicted molar refractivity (Wildman–Crippen MR) is 76.1 cm³/mol. The molecule has 7 nitrogen and oxygen atoms in total. The smallest absolute Gasteiger partial charge is 0.276 e. The molecule has 0 saturated heterocycles. The molecule has 0 unspecified atom stereocenters. The average molecular weight is 280 g/mol. The van der Waals surface area contributed by atoms with Gasteiger partial charge in [0, 0.05) is 5.69 Å². The first-order valence-electron chi connectivity index (χ1n) is 6.29. The number of nitrogens with one attached hydrogen (secondary N) is 1. The molecule has 104 valence electrons. The van der Waals surface area contributed by atoms with Gasteiger partial charge in [-0.25, -0.2) is 9.67 Å². The summed E-state index contributed by atoms with van der Waals surface area (Å²) in [7, 11) is 0. The SMILES string of the molecule is Cc1cccc(NC(=O)c2ccc(-n3cncn3)nn2)c1. The zero-order chi connectivity index (χ0) is 14.7. The molecule has 0 bridgehead atoms. The monoisotopic (exact) mass is 280 g/mol. The summed E-state index contributed by atoms with van der Waals surface area (Å²) >= 11 is 0. The molecule has 0 aliphatic heterocycles. The largest absolute Gasteiger partial charge is 0.321 e. The van der Waals surface area contributed by atoms with E-state index in [2.05, 4.69) is 25.6 Å². The van der Waals surface area contributed by atoms with E-state index >= 15 is 0 Å². The van der Waals surface area contributed by atoms with Gasteiger partial charge in [-0.2, -0.15) is 5.10 Å². The molecule has 0 aliphatic carbocycles. The van der Waals surface area contributed by atoms with Crippen molar-refractivity contribution in [2.45, 2.75) is 6.92 Å². The quantitative estimate of drug-likeness (QED) is 0.788. The summed E-state index contributed by atoms with van der Waals surface area (Å²) in [6, 6.07) is 10.8. The standard InChI is InChI=1S/C14H12N6O/c1-10-3-2-4-11(7-10)17-14(21)12-5-6-13(19-18-12)20-9-15-8-16-20/h2-9H,1H3,(H,17,21). The maximum absolute atomic E-state index is 12.1. The molecule has 2 aromatic heterocycles. The number of hydrogen-bond acceptors (Lipinski definition) is 5. The van der Waals surface area contributed by atoms with Gasteiger partial charge in [-0.1, -0.05) is 12.1 Å². The van der Waals surface area contributed by atoms with E-state index in [1.807, 2.05) is 31.2 Å². The highest BCUT2D eigenvalue weighted by molar-refractivity contribution is 6.02. The molecule has 1 amide bonds. The summed E-state index contributed by atoms with van der Waals surface area (Å²) in [4.78, 5) is 15.9. The fourth-order valence-corrected chi connectivity index (χ4v) is 1.81. The van der Waals surface area contributed by atoms with E-state index in [4.69, 9.17) is 0 Å². The fraction of sp³-hybridized carbons (Fsp3) is 0.0714. The molecule has 0 radical (unpaired) electrons. The molecule has 3 aromatic rings. The Hall–Kier alpha value is -3.09. The highest BCUT2D eigenvalue weighted by atomic mass is 16.1. The first-order chi connectivity index (χ1) is 10.2. The third-order valence-corrected chi connectivity index (χ3v) is 2.81. The average Bonchev–Trinajstić information content (AvgIpc) is 3.01.